The highest BCUT2D eigenvalue weighted by atomic mass is 79.9. The predicted molar refractivity (Wildman–Crippen MR) is 45.5 cm³/mol. The highest BCUT2D eigenvalue weighted by molar-refractivity contribution is 9.10. The quantitative estimate of drug-likeness (QED) is 0.563. The lowest BCUT2D eigenvalue weighted by Crippen LogP contribution is -1.96. The van der Waals surface area contributed by atoms with Crippen LogP contribution in [0.3, 0.4) is 0 Å². The Morgan fingerprint density at radius 2 is 2.23 bits per heavy atom. The Morgan fingerprint density at radius 3 is 2.62 bits per heavy atom. The maximum Gasteiger partial charge on any atom is 0.323 e. The number of hydrogen-bond donors (Lipinski definition) is 0. The van der Waals surface area contributed by atoms with Crippen molar-refractivity contribution in [2.45, 2.75) is 0 Å². The van der Waals surface area contributed by atoms with Crippen LogP contribution >= 0.6 is 15.9 Å². The number of nitriles is 1. The third-order valence-corrected chi connectivity index (χ3v) is 2.03. The summed E-state index contributed by atoms with van der Waals surface area (Å²) in [5.41, 5.74) is -1.10. The first-order chi connectivity index (χ1) is 6.07. The summed E-state index contributed by atoms with van der Waals surface area (Å²) >= 11 is 2.92. The largest absolute Gasteiger partial charge is 0.323 e. The number of nitrogens with zero attached hydrogens (tertiary/aromatic N) is 2. The van der Waals surface area contributed by atoms with E-state index in [0.717, 1.165) is 6.07 Å². The standard InChI is InChI=1S/C7H2BrFN2O2/c8-5-1-2-6(9)7(11(12)13)4(5)3-10/h1-2H. The van der Waals surface area contributed by atoms with Gasteiger partial charge in [0, 0.05) is 4.47 Å². The van der Waals surface area contributed by atoms with Gasteiger partial charge >= 0.3 is 5.69 Å². The fraction of sp³-hybridized carbons (Fsp3) is 0. The van der Waals surface area contributed by atoms with Crippen LogP contribution in [0.25, 0.3) is 0 Å². The van der Waals surface area contributed by atoms with E-state index in [1.807, 2.05) is 0 Å². The van der Waals surface area contributed by atoms with Crippen LogP contribution in [0, 0.1) is 27.3 Å². The molecule has 13 heavy (non-hydrogen) atoms. The average molecular weight is 245 g/mol. The van der Waals surface area contributed by atoms with Gasteiger partial charge in [0.05, 0.1) is 4.92 Å². The molecule has 0 bridgehead atoms. The molecule has 1 aromatic carbocycles. The molecule has 0 unspecified atom stereocenters. The maximum absolute atomic E-state index is 12.9. The molecule has 1 rings (SSSR count). The fourth-order valence-electron chi connectivity index (χ4n) is 0.826. The van der Waals surface area contributed by atoms with Crippen molar-refractivity contribution < 1.29 is 9.31 Å². The molecule has 0 heterocycles. The number of halogens is 2. The number of rotatable bonds is 1. The normalized spacial score (nSPS) is 9.31. The minimum Gasteiger partial charge on any atom is -0.258 e. The Labute approximate surface area is 80.9 Å². The Morgan fingerprint density at radius 1 is 1.62 bits per heavy atom. The molecule has 0 aliphatic rings. The van der Waals surface area contributed by atoms with Crippen molar-refractivity contribution in [1.82, 2.24) is 0 Å². The zero-order valence-corrected chi connectivity index (χ0v) is 7.71. The van der Waals surface area contributed by atoms with Gasteiger partial charge in [-0.05, 0) is 28.1 Å². The summed E-state index contributed by atoms with van der Waals surface area (Å²) in [6.07, 6.45) is 0. The van der Waals surface area contributed by atoms with Crippen molar-refractivity contribution in [2.75, 3.05) is 0 Å². The molecule has 0 radical (unpaired) electrons. The van der Waals surface area contributed by atoms with E-state index in [0.29, 0.717) is 0 Å². The van der Waals surface area contributed by atoms with Crippen LogP contribution in [0.4, 0.5) is 10.1 Å². The molecule has 0 saturated carbocycles. The molecule has 0 amide bonds. The number of hydrogen-bond acceptors (Lipinski definition) is 3. The van der Waals surface area contributed by atoms with E-state index in [9.17, 15) is 14.5 Å². The average Bonchev–Trinajstić information content (AvgIpc) is 2.07. The summed E-state index contributed by atoms with van der Waals surface area (Å²) in [5.74, 6) is -1.01. The third-order valence-electron chi connectivity index (χ3n) is 1.37. The molecule has 0 aliphatic heterocycles. The Hall–Kier alpha value is -1.48. The van der Waals surface area contributed by atoms with Crippen LogP contribution in [-0.2, 0) is 0 Å². The van der Waals surface area contributed by atoms with Crippen LogP contribution in [-0.4, -0.2) is 4.92 Å². The van der Waals surface area contributed by atoms with Crippen LogP contribution in [0.15, 0.2) is 16.6 Å². The van der Waals surface area contributed by atoms with Gasteiger partial charge in [-0.3, -0.25) is 10.1 Å². The molecule has 0 saturated heterocycles. The van der Waals surface area contributed by atoms with Gasteiger partial charge in [0.1, 0.15) is 11.6 Å². The first-order valence-corrected chi connectivity index (χ1v) is 3.89. The minimum atomic E-state index is -1.01. The summed E-state index contributed by atoms with van der Waals surface area (Å²) < 4.78 is 13.1. The van der Waals surface area contributed by atoms with E-state index in [2.05, 4.69) is 15.9 Å². The minimum absolute atomic E-state index is 0.211. The molecule has 6 heteroatoms. The van der Waals surface area contributed by atoms with Crippen LogP contribution in [0.1, 0.15) is 5.56 Å². The van der Waals surface area contributed by atoms with Gasteiger partial charge in [-0.1, -0.05) is 0 Å². The highest BCUT2D eigenvalue weighted by Crippen LogP contribution is 2.28. The summed E-state index contributed by atoms with van der Waals surface area (Å²) in [6.45, 7) is 0. The van der Waals surface area contributed by atoms with Gasteiger partial charge in [0.15, 0.2) is 0 Å². The Kier molecular flexibility index (Phi) is 2.58. The molecule has 0 N–H and O–H groups in total. The first kappa shape index (κ1) is 9.61. The van der Waals surface area contributed by atoms with Gasteiger partial charge in [-0.2, -0.15) is 9.65 Å². The molecule has 4 nitrogen and oxygen atoms in total. The first-order valence-electron chi connectivity index (χ1n) is 3.10. The fourth-order valence-corrected chi connectivity index (χ4v) is 1.23. The number of nitro benzene ring substituents is 1. The predicted octanol–water partition coefficient (Wildman–Crippen LogP) is 2.37. The SMILES string of the molecule is N#Cc1c(Br)ccc(F)c1[N+](=O)[O-]. The second-order valence-corrected chi connectivity index (χ2v) is 2.98. The molecule has 0 aliphatic carbocycles. The van der Waals surface area contributed by atoms with Crippen molar-refractivity contribution in [3.8, 4) is 6.07 Å². The summed E-state index contributed by atoms with van der Waals surface area (Å²) in [4.78, 5) is 9.43. The molecule has 66 valence electrons. The monoisotopic (exact) mass is 244 g/mol. The van der Waals surface area contributed by atoms with Crippen molar-refractivity contribution in [3.63, 3.8) is 0 Å². The zero-order valence-electron chi connectivity index (χ0n) is 6.12. The van der Waals surface area contributed by atoms with Gasteiger partial charge in [-0.15, -0.1) is 0 Å². The van der Waals surface area contributed by atoms with E-state index in [1.54, 1.807) is 6.07 Å². The molecular weight excluding hydrogens is 243 g/mol. The van der Waals surface area contributed by atoms with E-state index in [4.69, 9.17) is 5.26 Å². The van der Waals surface area contributed by atoms with Crippen molar-refractivity contribution in [3.05, 3.63) is 38.1 Å². The van der Waals surface area contributed by atoms with Gasteiger partial charge in [0.25, 0.3) is 0 Å². The second kappa shape index (κ2) is 3.49. The van der Waals surface area contributed by atoms with Crippen molar-refractivity contribution >= 4 is 21.6 Å². The van der Waals surface area contributed by atoms with E-state index >= 15 is 0 Å². The molecule has 1 aromatic rings. The summed E-state index contributed by atoms with van der Waals surface area (Å²) in [7, 11) is 0. The van der Waals surface area contributed by atoms with Crippen molar-refractivity contribution in [1.29, 1.82) is 5.26 Å². The molecule has 0 spiro atoms. The maximum atomic E-state index is 12.9. The van der Waals surface area contributed by atoms with E-state index < -0.39 is 16.4 Å². The number of nitro groups is 1. The van der Waals surface area contributed by atoms with E-state index in [1.165, 1.54) is 6.07 Å². The van der Waals surface area contributed by atoms with Crippen LogP contribution < -0.4 is 0 Å². The van der Waals surface area contributed by atoms with E-state index in [-0.39, 0.29) is 10.0 Å². The topological polar surface area (TPSA) is 66.9 Å². The van der Waals surface area contributed by atoms with Crippen LogP contribution in [0.2, 0.25) is 0 Å². The van der Waals surface area contributed by atoms with Crippen LogP contribution in [0.5, 0.6) is 0 Å². The smallest absolute Gasteiger partial charge is 0.258 e. The summed E-state index contributed by atoms with van der Waals surface area (Å²) in [6, 6.07) is 3.74. The van der Waals surface area contributed by atoms with Crippen molar-refractivity contribution in [2.24, 2.45) is 0 Å². The molecular formula is C7H2BrFN2O2. The Bertz CT molecular complexity index is 414. The zero-order chi connectivity index (χ0) is 10.0. The summed E-state index contributed by atoms with van der Waals surface area (Å²) in [5, 5.41) is 18.9. The second-order valence-electron chi connectivity index (χ2n) is 2.12. The molecule has 0 aromatic heterocycles. The molecule has 0 atom stereocenters. The highest BCUT2D eigenvalue weighted by Gasteiger charge is 2.22. The van der Waals surface area contributed by atoms with Gasteiger partial charge in [0.2, 0.25) is 5.82 Å². The lowest BCUT2D eigenvalue weighted by Gasteiger charge is -1.97. The number of benzene rings is 1. The lowest BCUT2D eigenvalue weighted by atomic mass is 10.2. The molecule has 0 fully saturated rings. The Balaban J connectivity index is 3.55. The lowest BCUT2D eigenvalue weighted by molar-refractivity contribution is -0.387. The van der Waals surface area contributed by atoms with Gasteiger partial charge < -0.3 is 0 Å². The van der Waals surface area contributed by atoms with Gasteiger partial charge in [-0.25, -0.2) is 0 Å². The third kappa shape index (κ3) is 1.65.